The molecule has 1 fully saturated rings. The van der Waals surface area contributed by atoms with Crippen LogP contribution in [0.25, 0.3) is 0 Å². The number of nitrogens with zero attached hydrogens (tertiary/aromatic N) is 1. The number of nitro benzene ring substituents is 1. The van der Waals surface area contributed by atoms with Crippen molar-refractivity contribution < 1.29 is 24.0 Å². The molecule has 2 aromatic carbocycles. The van der Waals surface area contributed by atoms with Crippen LogP contribution >= 0.6 is 0 Å². The molecule has 1 saturated carbocycles. The summed E-state index contributed by atoms with van der Waals surface area (Å²) in [6.45, 7) is 4.48. The molecule has 2 amide bonds. The number of nitro groups is 1. The third-order valence-electron chi connectivity index (χ3n) is 6.57. The van der Waals surface area contributed by atoms with Crippen LogP contribution in [0.5, 0.6) is 11.5 Å². The van der Waals surface area contributed by atoms with E-state index in [4.69, 9.17) is 9.47 Å². The number of nitrogens with one attached hydrogen (secondary N) is 3. The quantitative estimate of drug-likeness (QED) is 0.359. The maximum Gasteiger partial charge on any atom is 0.270 e. The fourth-order valence-corrected chi connectivity index (χ4v) is 4.31. The molecule has 3 N–H and O–H groups in total. The minimum Gasteiger partial charge on any atom is -0.497 e. The molecule has 10 nitrogen and oxygen atoms in total. The van der Waals surface area contributed by atoms with Gasteiger partial charge >= 0.3 is 0 Å². The monoisotopic (exact) mass is 484 g/mol. The summed E-state index contributed by atoms with van der Waals surface area (Å²) in [5.74, 6) is 1.01. The highest BCUT2D eigenvalue weighted by atomic mass is 16.6. The highest BCUT2D eigenvalue weighted by Crippen LogP contribution is 2.30. The maximum atomic E-state index is 13.1. The summed E-state index contributed by atoms with van der Waals surface area (Å²) in [6.07, 6.45) is 3.31. The van der Waals surface area contributed by atoms with Gasteiger partial charge in [-0.15, -0.1) is 0 Å². The first-order valence-electron chi connectivity index (χ1n) is 11.6. The van der Waals surface area contributed by atoms with Gasteiger partial charge in [0.05, 0.1) is 36.9 Å². The van der Waals surface area contributed by atoms with E-state index in [0.717, 1.165) is 18.9 Å². The summed E-state index contributed by atoms with van der Waals surface area (Å²) in [6, 6.07) is 8.82. The second-order valence-corrected chi connectivity index (χ2v) is 8.85. The zero-order chi connectivity index (χ0) is 25.5. The van der Waals surface area contributed by atoms with Gasteiger partial charge in [0, 0.05) is 42.1 Å². The van der Waals surface area contributed by atoms with Crippen molar-refractivity contribution in [3.05, 3.63) is 52.1 Å². The molecule has 3 atom stereocenters. The lowest BCUT2D eigenvalue weighted by Gasteiger charge is -2.34. The van der Waals surface area contributed by atoms with Crippen LogP contribution in [0.15, 0.2) is 36.4 Å². The Morgan fingerprint density at radius 3 is 2.34 bits per heavy atom. The Morgan fingerprint density at radius 1 is 1.03 bits per heavy atom. The maximum absolute atomic E-state index is 13.1. The molecule has 2 aromatic rings. The van der Waals surface area contributed by atoms with Crippen LogP contribution in [0.1, 0.15) is 43.5 Å². The van der Waals surface area contributed by atoms with E-state index in [2.05, 4.69) is 29.8 Å². The van der Waals surface area contributed by atoms with E-state index in [1.54, 1.807) is 18.2 Å². The Labute approximate surface area is 204 Å². The van der Waals surface area contributed by atoms with Gasteiger partial charge in [0.15, 0.2) is 0 Å². The van der Waals surface area contributed by atoms with Gasteiger partial charge in [-0.2, -0.15) is 0 Å². The molecular formula is C25H32N4O6. The number of carbonyl (C=O) groups is 2. The first-order chi connectivity index (χ1) is 16.7. The lowest BCUT2D eigenvalue weighted by molar-refractivity contribution is -0.384. The molecule has 0 spiro atoms. The van der Waals surface area contributed by atoms with E-state index < -0.39 is 10.8 Å². The van der Waals surface area contributed by atoms with Gasteiger partial charge in [-0.05, 0) is 24.3 Å². The molecule has 35 heavy (non-hydrogen) atoms. The Morgan fingerprint density at radius 2 is 1.71 bits per heavy atom. The molecule has 188 valence electrons. The summed E-state index contributed by atoms with van der Waals surface area (Å²) in [7, 11) is 2.97. The number of methoxy groups -OCH3 is 2. The predicted molar refractivity (Wildman–Crippen MR) is 133 cm³/mol. The first-order valence-corrected chi connectivity index (χ1v) is 11.6. The fourth-order valence-electron chi connectivity index (χ4n) is 4.31. The topological polar surface area (TPSA) is 132 Å². The lowest BCUT2D eigenvalue weighted by atomic mass is 9.78. The predicted octanol–water partition coefficient (Wildman–Crippen LogP) is 4.22. The molecule has 0 unspecified atom stereocenters. The number of amides is 2. The number of non-ortho nitro benzene ring substituents is 1. The van der Waals surface area contributed by atoms with Crippen molar-refractivity contribution in [1.82, 2.24) is 5.32 Å². The third-order valence-corrected chi connectivity index (χ3v) is 6.57. The van der Waals surface area contributed by atoms with Crippen molar-refractivity contribution in [1.29, 1.82) is 0 Å². The third kappa shape index (κ3) is 6.69. The van der Waals surface area contributed by atoms with Crippen LogP contribution in [-0.2, 0) is 4.79 Å². The Balaban J connectivity index is 1.77. The van der Waals surface area contributed by atoms with Crippen molar-refractivity contribution in [2.75, 3.05) is 31.4 Å². The Kier molecular flexibility index (Phi) is 8.64. The molecule has 1 aliphatic carbocycles. The molecule has 10 heteroatoms. The van der Waals surface area contributed by atoms with E-state index in [0.29, 0.717) is 29.0 Å². The number of benzene rings is 2. The van der Waals surface area contributed by atoms with Gasteiger partial charge in [-0.25, -0.2) is 0 Å². The van der Waals surface area contributed by atoms with E-state index in [1.807, 2.05) is 0 Å². The summed E-state index contributed by atoms with van der Waals surface area (Å²) in [4.78, 5) is 36.5. The van der Waals surface area contributed by atoms with Crippen molar-refractivity contribution >= 4 is 28.9 Å². The molecular weight excluding hydrogens is 452 g/mol. The number of rotatable bonds is 9. The van der Waals surface area contributed by atoms with Crippen LogP contribution in [-0.4, -0.2) is 43.5 Å². The average Bonchev–Trinajstić information content (AvgIpc) is 2.84. The Bertz CT molecular complexity index is 1070. The summed E-state index contributed by atoms with van der Waals surface area (Å²) in [5, 5.41) is 20.0. The SMILES string of the molecule is COc1cc(NC(=O)c2cc([N+](=O)[O-])ccc2NC(=O)CN[C@@H]2CCC[C@H](C)[C@@H]2C)cc(OC)c1. The van der Waals surface area contributed by atoms with Crippen molar-refractivity contribution in [3.8, 4) is 11.5 Å². The largest absolute Gasteiger partial charge is 0.497 e. The highest BCUT2D eigenvalue weighted by Gasteiger charge is 2.27. The van der Waals surface area contributed by atoms with Gasteiger partial charge in [0.25, 0.3) is 11.6 Å². The molecule has 0 bridgehead atoms. The number of anilines is 2. The van der Waals surface area contributed by atoms with E-state index in [1.165, 1.54) is 32.8 Å². The number of hydrogen-bond acceptors (Lipinski definition) is 7. The second-order valence-electron chi connectivity index (χ2n) is 8.85. The minimum atomic E-state index is -0.623. The van der Waals surface area contributed by atoms with Gasteiger partial charge in [-0.1, -0.05) is 26.7 Å². The minimum absolute atomic E-state index is 0.0333. The molecule has 1 aliphatic rings. The smallest absolute Gasteiger partial charge is 0.270 e. The number of carbonyl (C=O) groups excluding carboxylic acids is 2. The first kappa shape index (κ1) is 26.0. The zero-order valence-electron chi connectivity index (χ0n) is 20.4. The van der Waals surface area contributed by atoms with Gasteiger partial charge < -0.3 is 25.4 Å². The van der Waals surface area contributed by atoms with Crippen molar-refractivity contribution in [3.63, 3.8) is 0 Å². The molecule has 0 radical (unpaired) electrons. The summed E-state index contributed by atoms with van der Waals surface area (Å²) >= 11 is 0. The van der Waals surface area contributed by atoms with E-state index in [9.17, 15) is 19.7 Å². The second kappa shape index (κ2) is 11.7. The van der Waals surface area contributed by atoms with Crippen LogP contribution < -0.4 is 25.4 Å². The lowest BCUT2D eigenvalue weighted by Crippen LogP contribution is -2.43. The van der Waals surface area contributed by atoms with Crippen LogP contribution in [0.2, 0.25) is 0 Å². The Hall–Kier alpha value is -3.66. The molecule has 0 aromatic heterocycles. The van der Waals surface area contributed by atoms with Crippen LogP contribution in [0.4, 0.5) is 17.1 Å². The molecule has 0 aliphatic heterocycles. The standard InChI is InChI=1S/C25H32N4O6/c1-15-6-5-7-22(16(15)2)26-14-24(30)28-23-9-8-18(29(32)33)12-21(23)25(31)27-17-10-19(34-3)13-20(11-17)35-4/h8-13,15-16,22,26H,5-7,14H2,1-4H3,(H,27,31)(H,28,30)/t15-,16-,22+/m0/s1. The normalized spacial score (nSPS) is 19.5. The number of ether oxygens (including phenoxy) is 2. The average molecular weight is 485 g/mol. The van der Waals surface area contributed by atoms with Gasteiger partial charge in [0.2, 0.25) is 5.91 Å². The van der Waals surface area contributed by atoms with E-state index >= 15 is 0 Å². The molecule has 0 heterocycles. The number of hydrogen-bond donors (Lipinski definition) is 3. The van der Waals surface area contributed by atoms with E-state index in [-0.39, 0.29) is 35.4 Å². The van der Waals surface area contributed by atoms with Crippen LogP contribution in [0.3, 0.4) is 0 Å². The van der Waals surface area contributed by atoms with Gasteiger partial charge in [0.1, 0.15) is 11.5 Å². The molecule has 0 saturated heterocycles. The fraction of sp³-hybridized carbons (Fsp3) is 0.440. The highest BCUT2D eigenvalue weighted by molar-refractivity contribution is 6.10. The van der Waals surface area contributed by atoms with Crippen LogP contribution in [0, 0.1) is 22.0 Å². The van der Waals surface area contributed by atoms with Crippen molar-refractivity contribution in [2.45, 2.75) is 39.2 Å². The summed E-state index contributed by atoms with van der Waals surface area (Å²) in [5.41, 5.74) is 0.255. The summed E-state index contributed by atoms with van der Waals surface area (Å²) < 4.78 is 10.4. The molecule has 3 rings (SSSR count). The van der Waals surface area contributed by atoms with Crippen molar-refractivity contribution in [2.24, 2.45) is 11.8 Å². The van der Waals surface area contributed by atoms with Gasteiger partial charge in [-0.3, -0.25) is 19.7 Å². The zero-order valence-corrected chi connectivity index (χ0v) is 20.4.